The lowest BCUT2D eigenvalue weighted by Gasteiger charge is -2.28. The van der Waals surface area contributed by atoms with Crippen LogP contribution in [0.5, 0.6) is 0 Å². The second-order valence-corrected chi connectivity index (χ2v) is 4.05. The fraction of sp³-hybridized carbons (Fsp3) is 0.538. The van der Waals surface area contributed by atoms with Gasteiger partial charge in [0.15, 0.2) is 5.78 Å². The maximum atomic E-state index is 12.1. The van der Waals surface area contributed by atoms with E-state index in [1.54, 1.807) is 20.8 Å². The lowest BCUT2D eigenvalue weighted by atomic mass is 9.89. The van der Waals surface area contributed by atoms with E-state index in [2.05, 4.69) is 0 Å². The number of allylic oxidation sites excluding steroid dienone is 3. The Kier molecular flexibility index (Phi) is 3.68. The van der Waals surface area contributed by atoms with Crippen LogP contribution in [0.1, 0.15) is 34.6 Å². The van der Waals surface area contributed by atoms with Gasteiger partial charge in [-0.15, -0.1) is 0 Å². The molecule has 0 N–H and O–H groups in total. The number of likely N-dealkylation sites (N-methyl/N-ethyl adjacent to an activating group) is 1. The third kappa shape index (κ3) is 1.82. The van der Waals surface area contributed by atoms with Gasteiger partial charge >= 0.3 is 0 Å². The van der Waals surface area contributed by atoms with Crippen LogP contribution in [0.2, 0.25) is 0 Å². The normalized spacial score (nSPS) is 17.3. The smallest absolute Gasteiger partial charge is 0.205 e. The molecule has 0 atom stereocenters. The Morgan fingerprint density at radius 3 is 1.69 bits per heavy atom. The van der Waals surface area contributed by atoms with Crippen molar-refractivity contribution >= 4 is 11.6 Å². The zero-order valence-corrected chi connectivity index (χ0v) is 10.7. The van der Waals surface area contributed by atoms with E-state index in [1.165, 1.54) is 0 Å². The molecule has 3 nitrogen and oxygen atoms in total. The van der Waals surface area contributed by atoms with Crippen LogP contribution >= 0.6 is 0 Å². The zero-order chi connectivity index (χ0) is 12.5. The Morgan fingerprint density at radius 2 is 1.25 bits per heavy atom. The molecule has 0 unspecified atom stereocenters. The first-order chi connectivity index (χ1) is 7.45. The molecule has 0 fully saturated rings. The van der Waals surface area contributed by atoms with Crippen molar-refractivity contribution in [2.45, 2.75) is 34.6 Å². The van der Waals surface area contributed by atoms with Gasteiger partial charge in [0.25, 0.3) is 0 Å². The van der Waals surface area contributed by atoms with E-state index in [0.717, 1.165) is 13.1 Å². The van der Waals surface area contributed by atoms with Gasteiger partial charge in [0.05, 0.1) is 5.70 Å². The van der Waals surface area contributed by atoms with Crippen LogP contribution in [0.4, 0.5) is 0 Å². The summed E-state index contributed by atoms with van der Waals surface area (Å²) in [6, 6.07) is 0. The third-order valence-electron chi connectivity index (χ3n) is 3.23. The molecule has 3 heteroatoms. The van der Waals surface area contributed by atoms with Crippen molar-refractivity contribution in [2.24, 2.45) is 0 Å². The molecule has 16 heavy (non-hydrogen) atoms. The average Bonchev–Trinajstić information content (AvgIpc) is 2.29. The number of carbonyl (C=O) groups excluding carboxylic acids is 2. The Hall–Kier alpha value is -1.38. The molecular weight excluding hydrogens is 202 g/mol. The molecular formula is C13H19NO2. The van der Waals surface area contributed by atoms with Gasteiger partial charge in [-0.2, -0.15) is 0 Å². The second-order valence-electron chi connectivity index (χ2n) is 4.05. The number of hydrogen-bond donors (Lipinski definition) is 0. The van der Waals surface area contributed by atoms with Crippen molar-refractivity contribution in [1.29, 1.82) is 0 Å². The maximum absolute atomic E-state index is 12.1. The fourth-order valence-corrected chi connectivity index (χ4v) is 2.00. The van der Waals surface area contributed by atoms with E-state index in [1.807, 2.05) is 18.7 Å². The standard InChI is InChI=1S/C13H19NO2/c1-6-14(7-2)11-10(5)12(15)8(3)9(4)13(11)16/h6-7H2,1-5H3. The van der Waals surface area contributed by atoms with Gasteiger partial charge in [-0.25, -0.2) is 0 Å². The molecule has 0 aromatic rings. The van der Waals surface area contributed by atoms with Crippen LogP contribution in [0.15, 0.2) is 22.4 Å². The van der Waals surface area contributed by atoms with Crippen molar-refractivity contribution in [3.05, 3.63) is 22.4 Å². The van der Waals surface area contributed by atoms with Gasteiger partial charge in [0.1, 0.15) is 0 Å². The Labute approximate surface area is 96.8 Å². The quantitative estimate of drug-likeness (QED) is 0.685. The zero-order valence-electron chi connectivity index (χ0n) is 10.7. The van der Waals surface area contributed by atoms with Crippen molar-refractivity contribution in [1.82, 2.24) is 4.90 Å². The molecule has 1 aliphatic rings. The van der Waals surface area contributed by atoms with Crippen LogP contribution in [-0.2, 0) is 9.59 Å². The summed E-state index contributed by atoms with van der Waals surface area (Å²) in [7, 11) is 0. The number of ketones is 2. The molecule has 1 aliphatic carbocycles. The molecule has 0 aliphatic heterocycles. The van der Waals surface area contributed by atoms with E-state index in [4.69, 9.17) is 0 Å². The van der Waals surface area contributed by atoms with Gasteiger partial charge < -0.3 is 4.90 Å². The highest BCUT2D eigenvalue weighted by molar-refractivity contribution is 6.24. The molecule has 0 bridgehead atoms. The van der Waals surface area contributed by atoms with Gasteiger partial charge in [0, 0.05) is 29.8 Å². The summed E-state index contributed by atoms with van der Waals surface area (Å²) < 4.78 is 0. The van der Waals surface area contributed by atoms with Crippen molar-refractivity contribution in [3.63, 3.8) is 0 Å². The first-order valence-corrected chi connectivity index (χ1v) is 5.68. The summed E-state index contributed by atoms with van der Waals surface area (Å²) in [5.41, 5.74) is 2.32. The summed E-state index contributed by atoms with van der Waals surface area (Å²) in [4.78, 5) is 26.0. The SMILES string of the molecule is CCN(CC)C1=C(C)C(=O)C(C)=C(C)C1=O. The van der Waals surface area contributed by atoms with E-state index in [-0.39, 0.29) is 11.6 Å². The molecule has 88 valence electrons. The highest BCUT2D eigenvalue weighted by Gasteiger charge is 2.30. The molecule has 0 aromatic heterocycles. The summed E-state index contributed by atoms with van der Waals surface area (Å²) in [5.74, 6) is -0.00250. The van der Waals surface area contributed by atoms with Gasteiger partial charge in [-0.3, -0.25) is 9.59 Å². The monoisotopic (exact) mass is 221 g/mol. The molecule has 0 saturated heterocycles. The summed E-state index contributed by atoms with van der Waals surface area (Å²) >= 11 is 0. The van der Waals surface area contributed by atoms with Crippen LogP contribution in [0.3, 0.4) is 0 Å². The van der Waals surface area contributed by atoms with Crippen LogP contribution in [-0.4, -0.2) is 29.6 Å². The minimum atomic E-state index is -0.00157. The molecule has 0 spiro atoms. The third-order valence-corrected chi connectivity index (χ3v) is 3.23. The van der Waals surface area contributed by atoms with Crippen LogP contribution < -0.4 is 0 Å². The van der Waals surface area contributed by atoms with Crippen LogP contribution in [0.25, 0.3) is 0 Å². The minimum Gasteiger partial charge on any atom is -0.369 e. The largest absolute Gasteiger partial charge is 0.369 e. The van der Waals surface area contributed by atoms with Gasteiger partial charge in [-0.1, -0.05) is 0 Å². The number of Topliss-reactive ketones (excluding diaryl/α,β-unsaturated/α-hetero) is 2. The van der Waals surface area contributed by atoms with Crippen molar-refractivity contribution in [3.8, 4) is 0 Å². The lowest BCUT2D eigenvalue weighted by molar-refractivity contribution is -0.117. The Morgan fingerprint density at radius 1 is 0.812 bits per heavy atom. The first-order valence-electron chi connectivity index (χ1n) is 5.68. The van der Waals surface area contributed by atoms with Crippen LogP contribution in [0, 0.1) is 0 Å². The first kappa shape index (κ1) is 12.7. The fourth-order valence-electron chi connectivity index (χ4n) is 2.00. The van der Waals surface area contributed by atoms with E-state index in [0.29, 0.717) is 22.4 Å². The molecule has 0 saturated carbocycles. The molecule has 0 heterocycles. The number of rotatable bonds is 3. The summed E-state index contributed by atoms with van der Waals surface area (Å²) in [5, 5.41) is 0. The predicted octanol–water partition coefficient (Wildman–Crippen LogP) is 2.09. The van der Waals surface area contributed by atoms with E-state index in [9.17, 15) is 9.59 Å². The topological polar surface area (TPSA) is 37.4 Å². The number of nitrogens with zero attached hydrogens (tertiary/aromatic N) is 1. The number of hydrogen-bond acceptors (Lipinski definition) is 3. The molecule has 0 amide bonds. The molecule has 1 rings (SSSR count). The molecule has 0 radical (unpaired) electrons. The highest BCUT2D eigenvalue weighted by atomic mass is 16.1. The second kappa shape index (κ2) is 4.64. The molecule has 0 aromatic carbocycles. The maximum Gasteiger partial charge on any atom is 0.205 e. The van der Waals surface area contributed by atoms with E-state index < -0.39 is 0 Å². The Balaban J connectivity index is 3.28. The number of carbonyl (C=O) groups is 2. The minimum absolute atomic E-state index is 0.000926. The predicted molar refractivity (Wildman–Crippen MR) is 64.0 cm³/mol. The van der Waals surface area contributed by atoms with Gasteiger partial charge in [-0.05, 0) is 34.6 Å². The average molecular weight is 221 g/mol. The van der Waals surface area contributed by atoms with E-state index >= 15 is 0 Å². The summed E-state index contributed by atoms with van der Waals surface area (Å²) in [6.45, 7) is 10.7. The lowest BCUT2D eigenvalue weighted by Crippen LogP contribution is -2.33. The van der Waals surface area contributed by atoms with Crippen molar-refractivity contribution in [2.75, 3.05) is 13.1 Å². The highest BCUT2D eigenvalue weighted by Crippen LogP contribution is 2.26. The van der Waals surface area contributed by atoms with Gasteiger partial charge in [0.2, 0.25) is 5.78 Å². The summed E-state index contributed by atoms with van der Waals surface area (Å²) in [6.07, 6.45) is 0. The Bertz CT molecular complexity index is 398. The van der Waals surface area contributed by atoms with Crippen molar-refractivity contribution < 1.29 is 9.59 Å².